The molecule has 0 spiro atoms. The van der Waals surface area contributed by atoms with Crippen LogP contribution in [0.2, 0.25) is 0 Å². The Morgan fingerprint density at radius 1 is 1.50 bits per heavy atom. The zero-order chi connectivity index (χ0) is 11.8. The Morgan fingerprint density at radius 3 is 2.81 bits per heavy atom. The molecule has 1 N–H and O–H groups in total. The molecule has 0 aliphatic carbocycles. The van der Waals surface area contributed by atoms with Gasteiger partial charge >= 0.3 is 5.97 Å². The van der Waals surface area contributed by atoms with Gasteiger partial charge in [0.05, 0.1) is 11.7 Å². The van der Waals surface area contributed by atoms with Gasteiger partial charge < -0.3 is 9.84 Å². The van der Waals surface area contributed by atoms with Gasteiger partial charge in [0.2, 0.25) is 0 Å². The first-order valence-corrected chi connectivity index (χ1v) is 6.13. The van der Waals surface area contributed by atoms with Gasteiger partial charge in [0, 0.05) is 6.54 Å². The van der Waals surface area contributed by atoms with E-state index in [9.17, 15) is 4.79 Å². The number of aliphatic carboxylic acids is 1. The van der Waals surface area contributed by atoms with E-state index < -0.39 is 5.97 Å². The first-order valence-electron chi connectivity index (χ1n) is 6.13. The molecule has 2 saturated heterocycles. The average molecular weight is 227 g/mol. The molecule has 0 aromatic heterocycles. The van der Waals surface area contributed by atoms with Crippen LogP contribution in [-0.4, -0.2) is 46.8 Å². The van der Waals surface area contributed by atoms with Crippen LogP contribution in [0.5, 0.6) is 0 Å². The van der Waals surface area contributed by atoms with Gasteiger partial charge in [-0.05, 0) is 46.1 Å². The monoisotopic (exact) mass is 227 g/mol. The van der Waals surface area contributed by atoms with Gasteiger partial charge in [-0.25, -0.2) is 0 Å². The third-order valence-corrected chi connectivity index (χ3v) is 3.64. The van der Waals surface area contributed by atoms with E-state index in [1.165, 1.54) is 0 Å². The molecule has 2 aliphatic heterocycles. The maximum atomic E-state index is 11.0. The minimum atomic E-state index is -0.685. The van der Waals surface area contributed by atoms with Crippen molar-refractivity contribution in [1.82, 2.24) is 4.90 Å². The summed E-state index contributed by atoms with van der Waals surface area (Å²) in [5.74, 6) is -0.685. The van der Waals surface area contributed by atoms with Gasteiger partial charge in [0.25, 0.3) is 0 Å². The van der Waals surface area contributed by atoms with E-state index in [1.807, 2.05) is 0 Å². The molecule has 0 bridgehead atoms. The highest BCUT2D eigenvalue weighted by molar-refractivity contribution is 5.73. The minimum absolute atomic E-state index is 0.0247. The first-order chi connectivity index (χ1) is 7.48. The maximum absolute atomic E-state index is 11.0. The highest BCUT2D eigenvalue weighted by atomic mass is 16.5. The second kappa shape index (κ2) is 4.34. The maximum Gasteiger partial charge on any atom is 0.320 e. The normalized spacial score (nSPS) is 34.4. The summed E-state index contributed by atoms with van der Waals surface area (Å²) in [4.78, 5) is 13.1. The fraction of sp³-hybridized carbons (Fsp3) is 0.917. The predicted molar refractivity (Wildman–Crippen MR) is 60.4 cm³/mol. The Kier molecular flexibility index (Phi) is 3.22. The lowest BCUT2D eigenvalue weighted by atomic mass is 10.1. The lowest BCUT2D eigenvalue weighted by Gasteiger charge is -2.26. The van der Waals surface area contributed by atoms with Crippen molar-refractivity contribution >= 4 is 5.97 Å². The lowest BCUT2D eigenvalue weighted by molar-refractivity contribution is -0.142. The molecule has 2 heterocycles. The molecule has 2 fully saturated rings. The second-order valence-corrected chi connectivity index (χ2v) is 5.53. The van der Waals surface area contributed by atoms with Crippen LogP contribution in [0.25, 0.3) is 0 Å². The Labute approximate surface area is 96.6 Å². The highest BCUT2D eigenvalue weighted by Crippen LogP contribution is 2.31. The van der Waals surface area contributed by atoms with Crippen LogP contribution in [0, 0.1) is 0 Å². The van der Waals surface area contributed by atoms with E-state index in [4.69, 9.17) is 9.84 Å². The van der Waals surface area contributed by atoms with Crippen molar-refractivity contribution in [2.24, 2.45) is 0 Å². The predicted octanol–water partition coefficient (Wildman–Crippen LogP) is 1.49. The van der Waals surface area contributed by atoms with Gasteiger partial charge in [-0.3, -0.25) is 9.69 Å². The summed E-state index contributed by atoms with van der Waals surface area (Å²) in [6.07, 6.45) is 4.12. The van der Waals surface area contributed by atoms with Gasteiger partial charge in [-0.2, -0.15) is 0 Å². The zero-order valence-electron chi connectivity index (χ0n) is 10.1. The SMILES string of the molecule is CC1(C)CCC(CN2CCCC2C(=O)O)O1. The molecule has 4 heteroatoms. The summed E-state index contributed by atoms with van der Waals surface area (Å²) >= 11 is 0. The number of likely N-dealkylation sites (tertiary alicyclic amines) is 1. The van der Waals surface area contributed by atoms with Crippen LogP contribution < -0.4 is 0 Å². The van der Waals surface area contributed by atoms with Gasteiger partial charge in [0.1, 0.15) is 6.04 Å². The van der Waals surface area contributed by atoms with Gasteiger partial charge in [-0.1, -0.05) is 0 Å². The summed E-state index contributed by atoms with van der Waals surface area (Å²) in [7, 11) is 0. The summed E-state index contributed by atoms with van der Waals surface area (Å²) in [5, 5.41) is 9.08. The van der Waals surface area contributed by atoms with Crippen LogP contribution in [0.1, 0.15) is 39.5 Å². The molecule has 2 aliphatic rings. The van der Waals surface area contributed by atoms with Crippen molar-refractivity contribution in [1.29, 1.82) is 0 Å². The number of carboxylic acids is 1. The third-order valence-electron chi connectivity index (χ3n) is 3.64. The van der Waals surface area contributed by atoms with Crippen molar-refractivity contribution in [3.8, 4) is 0 Å². The molecule has 2 atom stereocenters. The van der Waals surface area contributed by atoms with Crippen LogP contribution >= 0.6 is 0 Å². The fourth-order valence-electron chi connectivity index (χ4n) is 2.79. The summed E-state index contributed by atoms with van der Waals surface area (Å²) in [6.45, 7) is 5.88. The number of hydrogen-bond donors (Lipinski definition) is 1. The standard InChI is InChI=1S/C12H21NO3/c1-12(2)6-5-9(16-12)8-13-7-3-4-10(13)11(14)15/h9-10H,3-8H2,1-2H3,(H,14,15). The Morgan fingerprint density at radius 2 is 2.25 bits per heavy atom. The Bertz CT molecular complexity index is 277. The number of carbonyl (C=O) groups is 1. The van der Waals surface area contributed by atoms with Crippen molar-refractivity contribution in [2.45, 2.75) is 57.3 Å². The Balaban J connectivity index is 1.88. The van der Waals surface area contributed by atoms with E-state index in [1.54, 1.807) is 0 Å². The minimum Gasteiger partial charge on any atom is -0.480 e. The zero-order valence-corrected chi connectivity index (χ0v) is 10.1. The molecular formula is C12H21NO3. The largest absolute Gasteiger partial charge is 0.480 e. The number of carboxylic acid groups (broad SMARTS) is 1. The number of rotatable bonds is 3. The lowest BCUT2D eigenvalue weighted by Crippen LogP contribution is -2.41. The molecule has 16 heavy (non-hydrogen) atoms. The van der Waals surface area contributed by atoms with E-state index in [0.29, 0.717) is 0 Å². The molecule has 2 unspecified atom stereocenters. The van der Waals surface area contributed by atoms with Crippen molar-refractivity contribution in [2.75, 3.05) is 13.1 Å². The molecule has 2 rings (SSSR count). The molecule has 4 nitrogen and oxygen atoms in total. The highest BCUT2D eigenvalue weighted by Gasteiger charge is 2.36. The van der Waals surface area contributed by atoms with Crippen molar-refractivity contribution < 1.29 is 14.6 Å². The average Bonchev–Trinajstić information content (AvgIpc) is 2.73. The summed E-state index contributed by atoms with van der Waals surface area (Å²) in [5.41, 5.74) is -0.0247. The molecule has 0 aromatic carbocycles. The fourth-order valence-corrected chi connectivity index (χ4v) is 2.79. The summed E-state index contributed by atoms with van der Waals surface area (Å²) in [6, 6.07) is -0.285. The van der Waals surface area contributed by atoms with Crippen LogP contribution in [0.15, 0.2) is 0 Å². The van der Waals surface area contributed by atoms with Crippen LogP contribution in [-0.2, 0) is 9.53 Å². The molecule has 0 radical (unpaired) electrons. The second-order valence-electron chi connectivity index (χ2n) is 5.53. The van der Waals surface area contributed by atoms with E-state index >= 15 is 0 Å². The summed E-state index contributed by atoms with van der Waals surface area (Å²) < 4.78 is 5.90. The quantitative estimate of drug-likeness (QED) is 0.793. The molecular weight excluding hydrogens is 206 g/mol. The smallest absolute Gasteiger partial charge is 0.320 e. The van der Waals surface area contributed by atoms with Crippen LogP contribution in [0.3, 0.4) is 0 Å². The molecule has 0 aromatic rings. The van der Waals surface area contributed by atoms with Gasteiger partial charge in [0.15, 0.2) is 0 Å². The van der Waals surface area contributed by atoms with E-state index in [0.717, 1.165) is 38.8 Å². The van der Waals surface area contributed by atoms with Crippen molar-refractivity contribution in [3.63, 3.8) is 0 Å². The first kappa shape index (κ1) is 11.9. The number of hydrogen-bond acceptors (Lipinski definition) is 3. The van der Waals surface area contributed by atoms with Crippen molar-refractivity contribution in [3.05, 3.63) is 0 Å². The molecule has 0 saturated carbocycles. The number of nitrogens with zero attached hydrogens (tertiary/aromatic N) is 1. The molecule has 0 amide bonds. The molecule has 92 valence electrons. The van der Waals surface area contributed by atoms with E-state index in [-0.39, 0.29) is 17.7 Å². The number of ether oxygens (including phenoxy) is 1. The topological polar surface area (TPSA) is 49.8 Å². The third kappa shape index (κ3) is 2.55. The Hall–Kier alpha value is -0.610. The van der Waals surface area contributed by atoms with Gasteiger partial charge in [-0.15, -0.1) is 0 Å². The van der Waals surface area contributed by atoms with E-state index in [2.05, 4.69) is 18.7 Å². The van der Waals surface area contributed by atoms with Crippen LogP contribution in [0.4, 0.5) is 0 Å².